The summed E-state index contributed by atoms with van der Waals surface area (Å²) >= 11 is 3.50. The van der Waals surface area contributed by atoms with Crippen LogP contribution in [0.25, 0.3) is 0 Å². The van der Waals surface area contributed by atoms with Crippen molar-refractivity contribution in [3.8, 4) is 0 Å². The van der Waals surface area contributed by atoms with Gasteiger partial charge in [-0.3, -0.25) is 9.79 Å². The molecule has 1 saturated heterocycles. The monoisotopic (exact) mass is 434 g/mol. The van der Waals surface area contributed by atoms with Gasteiger partial charge in [-0.1, -0.05) is 41.9 Å². The number of benzene rings is 1. The van der Waals surface area contributed by atoms with E-state index >= 15 is 0 Å². The number of guanidine groups is 1. The molecule has 0 radical (unpaired) electrons. The molecular weight excluding hydrogens is 404 g/mol. The number of halogens is 1. The fourth-order valence-corrected chi connectivity index (χ4v) is 3.97. The fourth-order valence-electron chi connectivity index (χ4n) is 3.70. The Hall–Kier alpha value is -1.56. The molecule has 2 N–H and O–H groups in total. The summed E-state index contributed by atoms with van der Waals surface area (Å²) in [6, 6.07) is 9.44. The van der Waals surface area contributed by atoms with Gasteiger partial charge in [-0.2, -0.15) is 0 Å². The highest BCUT2D eigenvalue weighted by atomic mass is 79.9. The van der Waals surface area contributed by atoms with Crippen LogP contribution in [-0.2, 0) is 4.79 Å². The molecule has 2 unspecified atom stereocenters. The van der Waals surface area contributed by atoms with Crippen LogP contribution in [0.1, 0.15) is 51.5 Å². The molecule has 0 spiro atoms. The lowest BCUT2D eigenvalue weighted by atomic mass is 10.0. The minimum atomic E-state index is 0.0822. The van der Waals surface area contributed by atoms with E-state index in [0.717, 1.165) is 49.3 Å². The number of likely N-dealkylation sites (tertiary alicyclic amines) is 1. The molecule has 5 nitrogen and oxygen atoms in total. The maximum Gasteiger partial charge on any atom is 0.225 e. The molecule has 1 heterocycles. The zero-order chi connectivity index (χ0) is 19.4. The number of hydrogen-bond acceptors (Lipinski definition) is 2. The van der Waals surface area contributed by atoms with Crippen molar-refractivity contribution < 1.29 is 4.79 Å². The van der Waals surface area contributed by atoms with E-state index in [1.165, 1.54) is 5.56 Å². The Kier molecular flexibility index (Phi) is 6.79. The zero-order valence-corrected chi connectivity index (χ0v) is 18.1. The Balaban J connectivity index is 1.49. The number of nitrogens with one attached hydrogen (secondary N) is 2. The molecule has 0 bridgehead atoms. The van der Waals surface area contributed by atoms with Gasteiger partial charge in [0.05, 0.1) is 0 Å². The number of piperidine rings is 1. The van der Waals surface area contributed by atoms with Crippen molar-refractivity contribution in [3.63, 3.8) is 0 Å². The van der Waals surface area contributed by atoms with Crippen LogP contribution in [0.5, 0.6) is 0 Å². The lowest BCUT2D eigenvalue weighted by Crippen LogP contribution is -2.50. The first-order valence-electron chi connectivity index (χ1n) is 10.1. The quantitative estimate of drug-likeness (QED) is 0.550. The number of rotatable bonds is 5. The molecule has 1 aromatic rings. The SMILES string of the molecule is CCN=C(NC1CCN(C(=O)C(C)C)CC1)NC1CC1c1ccc(Br)cc1. The van der Waals surface area contributed by atoms with Crippen LogP contribution in [-0.4, -0.2) is 48.5 Å². The zero-order valence-electron chi connectivity index (χ0n) is 16.5. The molecule has 1 aliphatic carbocycles. The summed E-state index contributed by atoms with van der Waals surface area (Å²) in [5.41, 5.74) is 1.38. The number of carbonyl (C=O) groups excluding carboxylic acids is 1. The maximum absolute atomic E-state index is 12.1. The summed E-state index contributed by atoms with van der Waals surface area (Å²) in [6.45, 7) is 8.43. The molecule has 6 heteroatoms. The number of amides is 1. The van der Waals surface area contributed by atoms with Crippen molar-refractivity contribution in [1.29, 1.82) is 0 Å². The van der Waals surface area contributed by atoms with Crippen LogP contribution in [0, 0.1) is 5.92 Å². The topological polar surface area (TPSA) is 56.7 Å². The average Bonchev–Trinajstić information content (AvgIpc) is 3.41. The number of nitrogens with zero attached hydrogens (tertiary/aromatic N) is 2. The summed E-state index contributed by atoms with van der Waals surface area (Å²) < 4.78 is 1.12. The van der Waals surface area contributed by atoms with E-state index in [1.807, 2.05) is 18.7 Å². The highest BCUT2D eigenvalue weighted by molar-refractivity contribution is 9.10. The smallest absolute Gasteiger partial charge is 0.225 e. The second kappa shape index (κ2) is 9.09. The summed E-state index contributed by atoms with van der Waals surface area (Å²) in [5, 5.41) is 7.19. The first-order chi connectivity index (χ1) is 13.0. The summed E-state index contributed by atoms with van der Waals surface area (Å²) in [4.78, 5) is 18.8. The Morgan fingerprint density at radius 2 is 1.89 bits per heavy atom. The third-order valence-corrected chi connectivity index (χ3v) is 5.90. The molecule has 3 rings (SSSR count). The van der Waals surface area contributed by atoms with Crippen LogP contribution in [0.3, 0.4) is 0 Å². The molecule has 1 aliphatic heterocycles. The van der Waals surface area contributed by atoms with E-state index < -0.39 is 0 Å². The summed E-state index contributed by atoms with van der Waals surface area (Å²) in [7, 11) is 0. The fraction of sp³-hybridized carbons (Fsp3) is 0.619. The molecule has 2 fully saturated rings. The van der Waals surface area contributed by atoms with Gasteiger partial charge < -0.3 is 15.5 Å². The van der Waals surface area contributed by atoms with E-state index in [0.29, 0.717) is 18.0 Å². The van der Waals surface area contributed by atoms with Crippen molar-refractivity contribution in [2.45, 2.75) is 58.0 Å². The molecule has 27 heavy (non-hydrogen) atoms. The number of aliphatic imine (C=N–C) groups is 1. The van der Waals surface area contributed by atoms with E-state index in [9.17, 15) is 4.79 Å². The predicted molar refractivity (Wildman–Crippen MR) is 114 cm³/mol. The van der Waals surface area contributed by atoms with Gasteiger partial charge in [0.15, 0.2) is 5.96 Å². The van der Waals surface area contributed by atoms with Crippen molar-refractivity contribution in [1.82, 2.24) is 15.5 Å². The Morgan fingerprint density at radius 3 is 2.48 bits per heavy atom. The van der Waals surface area contributed by atoms with Crippen molar-refractivity contribution >= 4 is 27.8 Å². The standard InChI is InChI=1S/C21H31BrN4O/c1-4-23-21(24-17-9-11-26(12-10-17)20(27)14(2)3)25-19-13-18(19)15-5-7-16(22)8-6-15/h5-8,14,17-19H,4,9-13H2,1-3H3,(H2,23,24,25). The average molecular weight is 435 g/mol. The molecule has 148 valence electrons. The molecule has 1 amide bonds. The second-order valence-corrected chi connectivity index (χ2v) is 8.78. The van der Waals surface area contributed by atoms with Crippen molar-refractivity contribution in [2.24, 2.45) is 10.9 Å². The summed E-state index contributed by atoms with van der Waals surface area (Å²) in [6.07, 6.45) is 3.10. The minimum absolute atomic E-state index is 0.0822. The first kappa shape index (κ1) is 20.2. The predicted octanol–water partition coefficient (Wildman–Crippen LogP) is 3.51. The van der Waals surface area contributed by atoms with E-state index in [-0.39, 0.29) is 11.8 Å². The number of hydrogen-bond donors (Lipinski definition) is 2. The Labute approximate surface area is 171 Å². The van der Waals surface area contributed by atoms with Gasteiger partial charge in [-0.25, -0.2) is 0 Å². The van der Waals surface area contributed by atoms with Gasteiger partial charge in [0.25, 0.3) is 0 Å². The van der Waals surface area contributed by atoms with Gasteiger partial charge in [-0.15, -0.1) is 0 Å². The van der Waals surface area contributed by atoms with Crippen LogP contribution in [0.2, 0.25) is 0 Å². The van der Waals surface area contributed by atoms with Gasteiger partial charge in [0.1, 0.15) is 0 Å². The normalized spacial score (nSPS) is 23.4. The minimum Gasteiger partial charge on any atom is -0.354 e. The largest absolute Gasteiger partial charge is 0.354 e. The molecule has 1 saturated carbocycles. The molecule has 0 aromatic heterocycles. The number of carbonyl (C=O) groups is 1. The van der Waals surface area contributed by atoms with Crippen molar-refractivity contribution in [3.05, 3.63) is 34.3 Å². The molecular formula is C21H31BrN4O. The lowest BCUT2D eigenvalue weighted by molar-refractivity contribution is -0.135. The van der Waals surface area contributed by atoms with E-state index in [1.54, 1.807) is 0 Å². The molecule has 1 aromatic carbocycles. The van der Waals surface area contributed by atoms with Crippen LogP contribution in [0.15, 0.2) is 33.7 Å². The van der Waals surface area contributed by atoms with E-state index in [4.69, 9.17) is 0 Å². The van der Waals surface area contributed by atoms with Crippen LogP contribution >= 0.6 is 15.9 Å². The molecule has 2 atom stereocenters. The van der Waals surface area contributed by atoms with Gasteiger partial charge in [0.2, 0.25) is 5.91 Å². The highest BCUT2D eigenvalue weighted by Gasteiger charge is 2.39. The molecule has 2 aliphatic rings. The lowest BCUT2D eigenvalue weighted by Gasteiger charge is -2.34. The van der Waals surface area contributed by atoms with Crippen LogP contribution in [0.4, 0.5) is 0 Å². The van der Waals surface area contributed by atoms with Crippen molar-refractivity contribution in [2.75, 3.05) is 19.6 Å². The Bertz CT molecular complexity index is 665. The third kappa shape index (κ3) is 5.47. The third-order valence-electron chi connectivity index (χ3n) is 5.37. The highest BCUT2D eigenvalue weighted by Crippen LogP contribution is 2.41. The summed E-state index contributed by atoms with van der Waals surface area (Å²) in [5.74, 6) is 1.83. The Morgan fingerprint density at radius 1 is 1.22 bits per heavy atom. The maximum atomic E-state index is 12.1. The van der Waals surface area contributed by atoms with E-state index in [2.05, 4.69) is 62.7 Å². The van der Waals surface area contributed by atoms with Crippen LogP contribution < -0.4 is 10.6 Å². The second-order valence-electron chi connectivity index (χ2n) is 7.87. The van der Waals surface area contributed by atoms with Gasteiger partial charge in [-0.05, 0) is 43.9 Å². The van der Waals surface area contributed by atoms with Gasteiger partial charge in [0, 0.05) is 48.0 Å². The van der Waals surface area contributed by atoms with Gasteiger partial charge >= 0.3 is 0 Å². The first-order valence-corrected chi connectivity index (χ1v) is 10.9.